The fourth-order valence-electron chi connectivity index (χ4n) is 1.84. The van der Waals surface area contributed by atoms with Crippen LogP contribution in [0.2, 0.25) is 0 Å². The monoisotopic (exact) mass is 248 g/mol. The van der Waals surface area contributed by atoms with Crippen molar-refractivity contribution in [1.29, 1.82) is 0 Å². The molecule has 0 radical (unpaired) electrons. The van der Waals surface area contributed by atoms with E-state index in [1.807, 2.05) is 0 Å². The summed E-state index contributed by atoms with van der Waals surface area (Å²) in [5.74, 6) is -0.856. The Morgan fingerprint density at radius 2 is 1.72 bits per heavy atom. The molecular formula is C15H14F2O. The summed E-state index contributed by atoms with van der Waals surface area (Å²) in [6.07, 6.45) is -1.15. The van der Waals surface area contributed by atoms with Gasteiger partial charge < -0.3 is 5.11 Å². The van der Waals surface area contributed by atoms with Gasteiger partial charge in [0.05, 0.1) is 0 Å². The lowest BCUT2D eigenvalue weighted by atomic mass is 9.98. The normalized spacial score (nSPS) is 12.5. The SMILES string of the molecule is Cc1ccc(C(O)c2cccc(C)c2F)cc1F. The molecular weight excluding hydrogens is 234 g/mol. The van der Waals surface area contributed by atoms with Gasteiger partial charge in [0.25, 0.3) is 0 Å². The van der Waals surface area contributed by atoms with Gasteiger partial charge in [-0.15, -0.1) is 0 Å². The Kier molecular flexibility index (Phi) is 3.43. The Morgan fingerprint density at radius 3 is 2.39 bits per heavy atom. The van der Waals surface area contributed by atoms with Crippen LogP contribution in [0.25, 0.3) is 0 Å². The third-order valence-corrected chi connectivity index (χ3v) is 3.03. The molecule has 0 saturated heterocycles. The van der Waals surface area contributed by atoms with E-state index in [1.54, 1.807) is 38.1 Å². The summed E-state index contributed by atoms with van der Waals surface area (Å²) in [5.41, 5.74) is 1.47. The lowest BCUT2D eigenvalue weighted by Gasteiger charge is -2.14. The highest BCUT2D eigenvalue weighted by Gasteiger charge is 2.16. The molecule has 2 aromatic carbocycles. The van der Waals surface area contributed by atoms with E-state index < -0.39 is 17.7 Å². The first-order valence-electron chi connectivity index (χ1n) is 5.70. The molecule has 94 valence electrons. The van der Waals surface area contributed by atoms with E-state index in [0.717, 1.165) is 0 Å². The smallest absolute Gasteiger partial charge is 0.132 e. The van der Waals surface area contributed by atoms with Gasteiger partial charge in [-0.25, -0.2) is 8.78 Å². The number of benzene rings is 2. The van der Waals surface area contributed by atoms with Crippen molar-refractivity contribution in [2.45, 2.75) is 20.0 Å². The van der Waals surface area contributed by atoms with Crippen LogP contribution in [0.5, 0.6) is 0 Å². The van der Waals surface area contributed by atoms with Gasteiger partial charge in [0.1, 0.15) is 17.7 Å². The summed E-state index contributed by atoms with van der Waals surface area (Å²) in [6, 6.07) is 9.21. The molecule has 3 heteroatoms. The molecule has 2 rings (SSSR count). The Morgan fingerprint density at radius 1 is 1.00 bits per heavy atom. The Hall–Kier alpha value is -1.74. The predicted octanol–water partition coefficient (Wildman–Crippen LogP) is 3.66. The Labute approximate surface area is 105 Å². The Bertz CT molecular complexity index is 579. The molecule has 0 aliphatic rings. The number of aliphatic hydroxyl groups excluding tert-OH is 1. The van der Waals surface area contributed by atoms with Gasteiger partial charge in [-0.3, -0.25) is 0 Å². The maximum absolute atomic E-state index is 13.9. The van der Waals surface area contributed by atoms with Crippen molar-refractivity contribution in [1.82, 2.24) is 0 Å². The third kappa shape index (κ3) is 2.27. The summed E-state index contributed by atoms with van der Waals surface area (Å²) in [7, 11) is 0. The van der Waals surface area contributed by atoms with Crippen LogP contribution in [0.15, 0.2) is 36.4 Å². The second kappa shape index (κ2) is 4.86. The van der Waals surface area contributed by atoms with Crippen molar-refractivity contribution >= 4 is 0 Å². The molecule has 1 unspecified atom stereocenters. The molecule has 1 nitrogen and oxygen atoms in total. The van der Waals surface area contributed by atoms with Crippen molar-refractivity contribution in [3.8, 4) is 0 Å². The second-order valence-electron chi connectivity index (χ2n) is 4.39. The van der Waals surface area contributed by atoms with Crippen molar-refractivity contribution < 1.29 is 13.9 Å². The zero-order valence-electron chi connectivity index (χ0n) is 10.2. The minimum absolute atomic E-state index is 0.165. The zero-order valence-corrected chi connectivity index (χ0v) is 10.2. The number of rotatable bonds is 2. The average molecular weight is 248 g/mol. The standard InChI is InChI=1S/C15H14F2O/c1-9-6-7-11(8-13(9)16)15(18)12-5-3-4-10(2)14(12)17/h3-8,15,18H,1-2H3. The summed E-state index contributed by atoms with van der Waals surface area (Å²) in [6.45, 7) is 3.26. The number of halogens is 2. The molecule has 0 heterocycles. The zero-order chi connectivity index (χ0) is 13.3. The Balaban J connectivity index is 2.44. The van der Waals surface area contributed by atoms with E-state index in [9.17, 15) is 13.9 Å². The molecule has 1 N–H and O–H groups in total. The number of hydrogen-bond donors (Lipinski definition) is 1. The molecule has 0 amide bonds. The molecule has 2 aromatic rings. The number of aryl methyl sites for hydroxylation is 2. The van der Waals surface area contributed by atoms with Crippen molar-refractivity contribution in [2.75, 3.05) is 0 Å². The van der Waals surface area contributed by atoms with E-state index >= 15 is 0 Å². The van der Waals surface area contributed by atoms with Crippen LogP contribution in [0.4, 0.5) is 8.78 Å². The maximum atomic E-state index is 13.9. The lowest BCUT2D eigenvalue weighted by Crippen LogP contribution is -2.04. The summed E-state index contributed by atoms with van der Waals surface area (Å²) in [4.78, 5) is 0. The molecule has 0 aliphatic heterocycles. The van der Waals surface area contributed by atoms with Crippen LogP contribution in [0.3, 0.4) is 0 Å². The van der Waals surface area contributed by atoms with Gasteiger partial charge in [0.15, 0.2) is 0 Å². The average Bonchev–Trinajstić information content (AvgIpc) is 2.35. The van der Waals surface area contributed by atoms with Gasteiger partial charge in [0, 0.05) is 5.56 Å². The van der Waals surface area contributed by atoms with Gasteiger partial charge in [-0.2, -0.15) is 0 Å². The highest BCUT2D eigenvalue weighted by Crippen LogP contribution is 2.26. The van der Waals surface area contributed by atoms with E-state index in [1.165, 1.54) is 12.1 Å². The molecule has 18 heavy (non-hydrogen) atoms. The van der Waals surface area contributed by atoms with Crippen molar-refractivity contribution in [2.24, 2.45) is 0 Å². The molecule has 0 spiro atoms. The molecule has 0 aliphatic carbocycles. The highest BCUT2D eigenvalue weighted by molar-refractivity contribution is 5.35. The van der Waals surface area contributed by atoms with Gasteiger partial charge in [0.2, 0.25) is 0 Å². The summed E-state index contributed by atoms with van der Waals surface area (Å²) < 4.78 is 27.3. The highest BCUT2D eigenvalue weighted by atomic mass is 19.1. The first-order chi connectivity index (χ1) is 8.50. The van der Waals surface area contributed by atoms with Gasteiger partial charge in [-0.1, -0.05) is 30.3 Å². The largest absolute Gasteiger partial charge is 0.384 e. The van der Waals surface area contributed by atoms with E-state index in [2.05, 4.69) is 0 Å². The fraction of sp³-hybridized carbons (Fsp3) is 0.200. The predicted molar refractivity (Wildman–Crippen MR) is 66.3 cm³/mol. The van der Waals surface area contributed by atoms with E-state index in [0.29, 0.717) is 16.7 Å². The topological polar surface area (TPSA) is 20.2 Å². The van der Waals surface area contributed by atoms with Crippen molar-refractivity contribution in [3.63, 3.8) is 0 Å². The molecule has 1 atom stereocenters. The number of aliphatic hydroxyl groups is 1. The lowest BCUT2D eigenvalue weighted by molar-refractivity contribution is 0.214. The van der Waals surface area contributed by atoms with Crippen LogP contribution in [0, 0.1) is 25.5 Å². The number of hydrogen-bond acceptors (Lipinski definition) is 1. The van der Waals surface area contributed by atoms with E-state index in [4.69, 9.17) is 0 Å². The van der Waals surface area contributed by atoms with Crippen LogP contribution in [-0.2, 0) is 0 Å². The minimum atomic E-state index is -1.15. The second-order valence-corrected chi connectivity index (χ2v) is 4.39. The maximum Gasteiger partial charge on any atom is 0.132 e. The van der Waals surface area contributed by atoms with Crippen LogP contribution in [0.1, 0.15) is 28.4 Å². The molecule has 0 saturated carbocycles. The van der Waals surface area contributed by atoms with Gasteiger partial charge >= 0.3 is 0 Å². The quantitative estimate of drug-likeness (QED) is 0.859. The van der Waals surface area contributed by atoms with E-state index in [-0.39, 0.29) is 5.56 Å². The first kappa shape index (κ1) is 12.7. The van der Waals surface area contributed by atoms with Crippen LogP contribution < -0.4 is 0 Å². The van der Waals surface area contributed by atoms with Gasteiger partial charge in [-0.05, 0) is 36.6 Å². The summed E-state index contributed by atoms with van der Waals surface area (Å²) >= 11 is 0. The first-order valence-corrected chi connectivity index (χ1v) is 5.70. The van der Waals surface area contributed by atoms with Crippen LogP contribution in [-0.4, -0.2) is 5.11 Å². The minimum Gasteiger partial charge on any atom is -0.384 e. The third-order valence-electron chi connectivity index (χ3n) is 3.03. The summed E-state index contributed by atoms with van der Waals surface area (Å²) in [5, 5.41) is 10.1. The van der Waals surface area contributed by atoms with Crippen molar-refractivity contribution in [3.05, 3.63) is 70.3 Å². The molecule has 0 bridgehead atoms. The molecule has 0 fully saturated rings. The van der Waals surface area contributed by atoms with Crippen LogP contribution >= 0.6 is 0 Å². The molecule has 0 aromatic heterocycles. The fourth-order valence-corrected chi connectivity index (χ4v) is 1.84.